The molecule has 2 heterocycles. The number of benzene rings is 1. The van der Waals surface area contributed by atoms with Crippen LogP contribution < -0.4 is 4.90 Å². The summed E-state index contributed by atoms with van der Waals surface area (Å²) >= 11 is 6.29. The van der Waals surface area contributed by atoms with Gasteiger partial charge < -0.3 is 19.8 Å². The summed E-state index contributed by atoms with van der Waals surface area (Å²) in [5.74, 6) is 0.0433. The van der Waals surface area contributed by atoms with Gasteiger partial charge >= 0.3 is 6.18 Å². The number of hydrogen-bond acceptors (Lipinski definition) is 5. The van der Waals surface area contributed by atoms with Crippen molar-refractivity contribution in [2.45, 2.75) is 62.3 Å². The van der Waals surface area contributed by atoms with E-state index in [4.69, 9.17) is 11.6 Å². The van der Waals surface area contributed by atoms with E-state index in [1.807, 2.05) is 0 Å². The Balaban J connectivity index is 1.18. The Bertz CT molecular complexity index is 1300. The van der Waals surface area contributed by atoms with Crippen LogP contribution in [0.5, 0.6) is 0 Å². The summed E-state index contributed by atoms with van der Waals surface area (Å²) in [5, 5.41) is 11.1. The number of rotatable bonds is 7. The minimum atomic E-state index is -5.15. The number of anilines is 1. The number of alkyl halides is 3. The average Bonchev–Trinajstić information content (AvgIpc) is 3.76. The molecule has 222 valence electrons. The zero-order chi connectivity index (χ0) is 29.7. The normalized spacial score (nSPS) is 23.0. The Kier molecular flexibility index (Phi) is 8.02. The summed E-state index contributed by atoms with van der Waals surface area (Å²) in [6, 6.07) is 8.90. The highest BCUT2D eigenvalue weighted by Gasteiger charge is 2.62. The Morgan fingerprint density at radius 1 is 1.00 bits per heavy atom. The summed E-state index contributed by atoms with van der Waals surface area (Å²) in [5.41, 5.74) is -2.92. The van der Waals surface area contributed by atoms with Gasteiger partial charge in [0.2, 0.25) is 0 Å². The molecule has 1 aromatic carbocycles. The van der Waals surface area contributed by atoms with Crippen LogP contribution in [-0.2, 0) is 10.4 Å². The summed E-state index contributed by atoms with van der Waals surface area (Å²) in [7, 11) is 4.67. The number of aliphatic hydroxyl groups is 1. The van der Waals surface area contributed by atoms with Crippen LogP contribution in [0.15, 0.2) is 36.4 Å². The number of likely N-dealkylation sites (N-methyl/N-ethyl adjacent to an activating group) is 1. The molecule has 11 heteroatoms. The molecular formula is C30H36ClF3N4O3. The van der Waals surface area contributed by atoms with E-state index in [0.29, 0.717) is 36.1 Å². The number of piperidine rings is 1. The van der Waals surface area contributed by atoms with Gasteiger partial charge in [-0.2, -0.15) is 13.2 Å². The number of nitrogens with zero attached hydrogens (tertiary/aromatic N) is 4. The highest BCUT2D eigenvalue weighted by atomic mass is 35.5. The summed E-state index contributed by atoms with van der Waals surface area (Å²) in [4.78, 5) is 34.6. The van der Waals surface area contributed by atoms with Crippen LogP contribution in [0, 0.1) is 11.8 Å². The Morgan fingerprint density at radius 3 is 2.22 bits per heavy atom. The molecule has 3 aliphatic rings. The highest BCUT2D eigenvalue weighted by Crippen LogP contribution is 2.47. The minimum Gasteiger partial charge on any atom is -0.369 e. The van der Waals surface area contributed by atoms with Gasteiger partial charge in [0.25, 0.3) is 17.4 Å². The fourth-order valence-corrected chi connectivity index (χ4v) is 6.43. The van der Waals surface area contributed by atoms with Gasteiger partial charge in [-0.3, -0.25) is 9.59 Å². The maximum absolute atomic E-state index is 14.3. The van der Waals surface area contributed by atoms with Crippen LogP contribution in [0.1, 0.15) is 65.9 Å². The Morgan fingerprint density at radius 2 is 1.66 bits per heavy atom. The van der Waals surface area contributed by atoms with Crippen molar-refractivity contribution in [1.82, 2.24) is 14.8 Å². The van der Waals surface area contributed by atoms with Crippen molar-refractivity contribution in [3.8, 4) is 0 Å². The molecule has 0 unspecified atom stereocenters. The minimum absolute atomic E-state index is 0.163. The van der Waals surface area contributed by atoms with Crippen LogP contribution in [0.3, 0.4) is 0 Å². The van der Waals surface area contributed by atoms with Crippen molar-refractivity contribution in [2.75, 3.05) is 39.1 Å². The molecule has 2 aliphatic carbocycles. The van der Waals surface area contributed by atoms with Crippen LogP contribution in [0.25, 0.3) is 0 Å². The first-order chi connectivity index (χ1) is 19.3. The molecule has 0 bridgehead atoms. The van der Waals surface area contributed by atoms with E-state index in [9.17, 15) is 27.9 Å². The zero-order valence-electron chi connectivity index (χ0n) is 23.5. The molecule has 1 saturated heterocycles. The van der Waals surface area contributed by atoms with Gasteiger partial charge in [-0.1, -0.05) is 35.9 Å². The maximum Gasteiger partial charge on any atom is 0.430 e. The molecule has 1 N–H and O–H groups in total. The van der Waals surface area contributed by atoms with Gasteiger partial charge in [0.15, 0.2) is 0 Å². The molecule has 1 atom stereocenters. The van der Waals surface area contributed by atoms with Crippen LogP contribution in [0.2, 0.25) is 5.15 Å². The molecule has 7 nitrogen and oxygen atoms in total. The average molecular weight is 593 g/mol. The lowest BCUT2D eigenvalue weighted by molar-refractivity contribution is -0.263. The van der Waals surface area contributed by atoms with Crippen molar-refractivity contribution in [3.63, 3.8) is 0 Å². The second kappa shape index (κ2) is 11.1. The quantitative estimate of drug-likeness (QED) is 0.446. The molecule has 2 saturated carbocycles. The van der Waals surface area contributed by atoms with Gasteiger partial charge in [-0.25, -0.2) is 4.98 Å². The van der Waals surface area contributed by atoms with Crippen LogP contribution in [-0.4, -0.2) is 78.2 Å². The first-order valence-electron chi connectivity index (χ1n) is 14.1. The topological polar surface area (TPSA) is 77.0 Å². The van der Waals surface area contributed by atoms with E-state index in [1.165, 1.54) is 30.1 Å². The number of halogens is 4. The molecule has 41 heavy (non-hydrogen) atoms. The maximum atomic E-state index is 14.3. The largest absolute Gasteiger partial charge is 0.430 e. The standard InChI is InChI=1S/C30H36ClF3N4O3/c1-36(2)27(39)24-9-10-25(35-26(24)31)38-13-11-19(12-14-38)21-16-23(17-21)37(3)28(40)29(41,30(32,33)34)22-6-4-5-20(15-22)18-7-8-18/h4-6,9-10,15,18-19,21,23,41H,7-8,11-14,16-17H2,1-3H3/t21-,23+,29-/m1/s1. The molecule has 1 aliphatic heterocycles. The van der Waals surface area contributed by atoms with Crippen LogP contribution >= 0.6 is 11.6 Å². The first kappa shape index (κ1) is 29.6. The Hall–Kier alpha value is -2.85. The van der Waals surface area contributed by atoms with Crippen molar-refractivity contribution >= 4 is 29.2 Å². The fourth-order valence-electron chi connectivity index (χ4n) is 6.20. The summed E-state index contributed by atoms with van der Waals surface area (Å²) in [6.45, 7) is 1.49. The SMILES string of the molecule is CN(C)C(=O)c1ccc(N2CCC([C@H]3C[C@@H](N(C)C(=O)[C@](O)(c4cccc(C5CC5)c4)C(F)(F)F)C3)CC2)nc1Cl. The molecule has 2 aromatic rings. The molecule has 5 rings (SSSR count). The third-order valence-corrected chi connectivity index (χ3v) is 9.38. The second-order valence-electron chi connectivity index (χ2n) is 11.9. The zero-order valence-corrected chi connectivity index (χ0v) is 24.3. The smallest absolute Gasteiger partial charge is 0.369 e. The third kappa shape index (κ3) is 5.65. The number of amides is 2. The predicted octanol–water partition coefficient (Wildman–Crippen LogP) is 5.22. The molecule has 3 fully saturated rings. The number of carbonyl (C=O) groups is 2. The predicted molar refractivity (Wildman–Crippen MR) is 150 cm³/mol. The van der Waals surface area contributed by atoms with E-state index in [2.05, 4.69) is 9.88 Å². The fraction of sp³-hybridized carbons (Fsp3) is 0.567. The van der Waals surface area contributed by atoms with Crippen molar-refractivity contribution in [2.24, 2.45) is 11.8 Å². The van der Waals surface area contributed by atoms with Gasteiger partial charge in [0.1, 0.15) is 11.0 Å². The monoisotopic (exact) mass is 592 g/mol. The van der Waals surface area contributed by atoms with Crippen LogP contribution in [0.4, 0.5) is 19.0 Å². The first-order valence-corrected chi connectivity index (χ1v) is 14.5. The third-order valence-electron chi connectivity index (χ3n) is 9.09. The van der Waals surface area contributed by atoms with E-state index in [-0.39, 0.29) is 23.0 Å². The molecular weight excluding hydrogens is 557 g/mol. The van der Waals surface area contributed by atoms with Gasteiger partial charge in [0, 0.05) is 45.8 Å². The van der Waals surface area contributed by atoms with E-state index < -0.39 is 23.2 Å². The lowest BCUT2D eigenvalue weighted by Crippen LogP contribution is -2.59. The van der Waals surface area contributed by atoms with Gasteiger partial charge in [-0.05, 0) is 74.0 Å². The molecule has 2 amide bonds. The van der Waals surface area contributed by atoms with Crippen molar-refractivity contribution in [1.29, 1.82) is 0 Å². The van der Waals surface area contributed by atoms with Gasteiger partial charge in [-0.15, -0.1) is 0 Å². The summed E-state index contributed by atoms with van der Waals surface area (Å²) in [6.07, 6.45) is -0.370. The van der Waals surface area contributed by atoms with Crippen molar-refractivity contribution < 1.29 is 27.9 Å². The lowest BCUT2D eigenvalue weighted by Gasteiger charge is -2.48. The molecule has 0 spiro atoms. The lowest BCUT2D eigenvalue weighted by atomic mass is 9.68. The molecule has 0 radical (unpaired) electrons. The number of pyridine rings is 1. The number of hydrogen-bond donors (Lipinski definition) is 1. The van der Waals surface area contributed by atoms with Crippen molar-refractivity contribution in [3.05, 3.63) is 58.2 Å². The van der Waals surface area contributed by atoms with E-state index in [0.717, 1.165) is 49.2 Å². The highest BCUT2D eigenvalue weighted by molar-refractivity contribution is 6.32. The van der Waals surface area contributed by atoms with E-state index >= 15 is 0 Å². The Labute approximate surface area is 243 Å². The van der Waals surface area contributed by atoms with E-state index in [1.54, 1.807) is 32.3 Å². The summed E-state index contributed by atoms with van der Waals surface area (Å²) < 4.78 is 42.8. The second-order valence-corrected chi connectivity index (χ2v) is 12.3. The molecule has 1 aromatic heterocycles. The van der Waals surface area contributed by atoms with Gasteiger partial charge in [0.05, 0.1) is 5.56 Å². The number of aromatic nitrogens is 1. The number of carbonyl (C=O) groups excluding carboxylic acids is 2.